The lowest BCUT2D eigenvalue weighted by Crippen LogP contribution is -2.52. The van der Waals surface area contributed by atoms with Crippen LogP contribution in [0.2, 0.25) is 5.02 Å². The van der Waals surface area contributed by atoms with Crippen LogP contribution in [0.4, 0.5) is 46.8 Å². The van der Waals surface area contributed by atoms with Crippen LogP contribution in [0.15, 0.2) is 42.7 Å². The van der Waals surface area contributed by atoms with E-state index in [0.717, 1.165) is 30.5 Å². The van der Waals surface area contributed by atoms with Gasteiger partial charge in [-0.1, -0.05) is 23.7 Å². The fourth-order valence-electron chi connectivity index (χ4n) is 7.31. The van der Waals surface area contributed by atoms with Gasteiger partial charge in [0, 0.05) is 31.5 Å². The summed E-state index contributed by atoms with van der Waals surface area (Å²) in [5.41, 5.74) is -1.45. The van der Waals surface area contributed by atoms with E-state index >= 15 is 4.39 Å². The van der Waals surface area contributed by atoms with Gasteiger partial charge in [0.1, 0.15) is 37.1 Å². The number of anilines is 2. The molecule has 294 valence electrons. The molecule has 2 aliphatic heterocycles. The molecule has 1 unspecified atom stereocenters. The van der Waals surface area contributed by atoms with Gasteiger partial charge in [0.05, 0.1) is 29.0 Å². The zero-order chi connectivity index (χ0) is 40.1. The van der Waals surface area contributed by atoms with E-state index in [0.29, 0.717) is 16.0 Å². The maximum Gasteiger partial charge on any atom is 0.411 e. The Morgan fingerprint density at radius 1 is 0.964 bits per heavy atom. The van der Waals surface area contributed by atoms with Crippen LogP contribution in [-0.4, -0.2) is 78.5 Å². The lowest BCUT2D eigenvalue weighted by atomic mass is 9.72. The van der Waals surface area contributed by atoms with Gasteiger partial charge in [-0.05, 0) is 36.6 Å². The first-order valence-electron chi connectivity index (χ1n) is 16.5. The number of hydrogen-bond acceptors (Lipinski definition) is 8. The van der Waals surface area contributed by atoms with E-state index in [1.54, 1.807) is 0 Å². The number of pyridine rings is 2. The largest absolute Gasteiger partial charge is 0.411 e. The number of benzene rings is 1. The lowest BCUT2D eigenvalue weighted by Gasteiger charge is -2.40. The number of amides is 4. The van der Waals surface area contributed by atoms with Gasteiger partial charge in [0.25, 0.3) is 11.8 Å². The van der Waals surface area contributed by atoms with Crippen molar-refractivity contribution >= 4 is 46.9 Å². The summed E-state index contributed by atoms with van der Waals surface area (Å²) < 4.78 is 125. The van der Waals surface area contributed by atoms with Crippen molar-refractivity contribution in [2.75, 3.05) is 42.6 Å². The molecule has 1 fully saturated rings. The summed E-state index contributed by atoms with van der Waals surface area (Å²) in [6.07, 6.45) is -5.23. The number of nitrogens with one attached hydrogen (secondary N) is 1. The van der Waals surface area contributed by atoms with E-state index in [-0.39, 0.29) is 34.8 Å². The van der Waals surface area contributed by atoms with Crippen molar-refractivity contribution in [2.45, 2.75) is 49.0 Å². The minimum atomic E-state index is -4.96. The Labute approximate surface area is 310 Å². The number of carbonyl (C=O) groups excluding carboxylic acids is 4. The highest BCUT2D eigenvalue weighted by atomic mass is 35.5. The monoisotopic (exact) mass is 804 g/mol. The molecule has 1 aliphatic carbocycles. The highest BCUT2D eigenvalue weighted by Gasteiger charge is 2.62. The maximum absolute atomic E-state index is 15.6. The van der Waals surface area contributed by atoms with Gasteiger partial charge in [-0.3, -0.25) is 29.0 Å². The molecule has 3 aromatic rings. The number of fused-ring (bicyclic) bond motifs is 2. The number of primary amides is 1. The average Bonchev–Trinajstić information content (AvgIpc) is 3.49. The van der Waals surface area contributed by atoms with Crippen LogP contribution >= 0.6 is 11.6 Å². The summed E-state index contributed by atoms with van der Waals surface area (Å²) in [5.74, 6) is -14.3. The number of nitrogens with zero attached hydrogens (tertiary/aromatic N) is 4. The van der Waals surface area contributed by atoms with Crippen LogP contribution in [0.25, 0.3) is 0 Å². The predicted octanol–water partition coefficient (Wildman–Crippen LogP) is 4.40. The smallest absolute Gasteiger partial charge is 0.368 e. The van der Waals surface area contributed by atoms with Crippen LogP contribution in [-0.2, 0) is 39.9 Å². The average molecular weight is 805 g/mol. The summed E-state index contributed by atoms with van der Waals surface area (Å²) in [6, 6.07) is 4.93. The van der Waals surface area contributed by atoms with Crippen molar-refractivity contribution in [3.63, 3.8) is 0 Å². The van der Waals surface area contributed by atoms with Gasteiger partial charge >= 0.3 is 6.18 Å². The van der Waals surface area contributed by atoms with Gasteiger partial charge in [0.2, 0.25) is 23.3 Å². The minimum absolute atomic E-state index is 0.119. The number of hydrogen-bond donors (Lipinski definition) is 2. The SMILES string of the molecule is NC(=O)CN1C(=O)[C@](OCCNC(=O)CN2C(=O)C(OCC(F)(F)F)(c3ccc(F)cc3)c3c(Cl)ccnc32)([C@H]2CCCC(F)(F)C2)c2c1ncc(F)c2F. The van der Waals surface area contributed by atoms with Crippen LogP contribution in [0.1, 0.15) is 42.4 Å². The third-order valence-corrected chi connectivity index (χ3v) is 9.78. The van der Waals surface area contributed by atoms with Crippen LogP contribution < -0.4 is 20.9 Å². The van der Waals surface area contributed by atoms with Gasteiger partial charge in [-0.25, -0.2) is 31.9 Å². The number of aromatic nitrogens is 2. The molecule has 1 aromatic carbocycles. The quantitative estimate of drug-likeness (QED) is 0.202. The molecule has 12 nitrogen and oxygen atoms in total. The van der Waals surface area contributed by atoms with E-state index in [9.17, 15) is 49.9 Å². The zero-order valence-corrected chi connectivity index (χ0v) is 29.0. The zero-order valence-electron chi connectivity index (χ0n) is 28.2. The predicted molar refractivity (Wildman–Crippen MR) is 174 cm³/mol. The van der Waals surface area contributed by atoms with Crippen LogP contribution in [0, 0.1) is 23.4 Å². The number of alkyl halides is 5. The second kappa shape index (κ2) is 14.6. The molecule has 21 heteroatoms. The molecule has 0 radical (unpaired) electrons. The Morgan fingerprint density at radius 3 is 2.29 bits per heavy atom. The normalized spacial score (nSPS) is 23.2. The molecule has 0 saturated heterocycles. The summed E-state index contributed by atoms with van der Waals surface area (Å²) in [7, 11) is 0. The molecule has 0 bridgehead atoms. The Hall–Kier alpha value is -4.95. The molecule has 1 saturated carbocycles. The molecule has 4 amide bonds. The lowest BCUT2D eigenvalue weighted by molar-refractivity contribution is -0.200. The first-order valence-corrected chi connectivity index (χ1v) is 16.9. The number of rotatable bonds is 12. The second-order valence-electron chi connectivity index (χ2n) is 13.0. The Bertz CT molecular complexity index is 2040. The summed E-state index contributed by atoms with van der Waals surface area (Å²) in [5, 5.41) is 2.08. The topological polar surface area (TPSA) is 157 Å². The fourth-order valence-corrected chi connectivity index (χ4v) is 7.58. The van der Waals surface area contributed by atoms with E-state index in [4.69, 9.17) is 26.8 Å². The standard InChI is InChI=1S/C34H29ClF8N6O6/c35-20-7-9-46-27-24(20)33(55-16-32(41,42)43,17-3-5-19(36)6-4-17)29(52)49(27)15-23(51)45-10-11-54-34(18-2-1-8-31(39,40)12-18)25-26(38)21(37)13-47-28(25)48(30(34)53)14-22(44)50/h3-7,9,13,18H,1-2,8,10-12,14-16H2,(H2,44,50)(H,45,51)/t18-,33?,34-/m0/s1. The van der Waals surface area contributed by atoms with Gasteiger partial charge in [-0.15, -0.1) is 0 Å². The number of carbonyl (C=O) groups is 4. The van der Waals surface area contributed by atoms with E-state index < -0.39 is 127 Å². The number of nitrogens with two attached hydrogens (primary N) is 1. The molecule has 3 N–H and O–H groups in total. The van der Waals surface area contributed by atoms with E-state index in [1.807, 2.05) is 0 Å². The van der Waals surface area contributed by atoms with Gasteiger partial charge < -0.3 is 20.5 Å². The Balaban J connectivity index is 1.27. The molecule has 2 aromatic heterocycles. The van der Waals surface area contributed by atoms with Crippen molar-refractivity contribution in [2.24, 2.45) is 11.7 Å². The minimum Gasteiger partial charge on any atom is -0.368 e. The number of ether oxygens (including phenoxy) is 2. The Kier molecular flexibility index (Phi) is 10.6. The first kappa shape index (κ1) is 39.7. The molecule has 55 heavy (non-hydrogen) atoms. The molecular weight excluding hydrogens is 776 g/mol. The molecule has 6 rings (SSSR count). The molecule has 3 atom stereocenters. The molecular formula is C34H29ClF8N6O6. The van der Waals surface area contributed by atoms with Crippen molar-refractivity contribution in [3.8, 4) is 0 Å². The highest BCUT2D eigenvalue weighted by Crippen LogP contribution is 2.54. The number of halogens is 9. The first-order chi connectivity index (χ1) is 25.8. The fraction of sp³-hybridized carbons (Fsp3) is 0.412. The van der Waals surface area contributed by atoms with Gasteiger partial charge in [-0.2, -0.15) is 13.2 Å². The summed E-state index contributed by atoms with van der Waals surface area (Å²) in [4.78, 5) is 62.4. The third kappa shape index (κ3) is 7.17. The van der Waals surface area contributed by atoms with E-state index in [2.05, 4.69) is 15.3 Å². The van der Waals surface area contributed by atoms with Crippen molar-refractivity contribution in [3.05, 3.63) is 81.9 Å². The third-order valence-electron chi connectivity index (χ3n) is 9.46. The summed E-state index contributed by atoms with van der Waals surface area (Å²) >= 11 is 6.39. The highest BCUT2D eigenvalue weighted by molar-refractivity contribution is 6.33. The van der Waals surface area contributed by atoms with Crippen LogP contribution in [0.5, 0.6) is 0 Å². The molecule has 0 spiro atoms. The molecule has 3 aliphatic rings. The van der Waals surface area contributed by atoms with Gasteiger partial charge in [0.15, 0.2) is 17.2 Å². The Morgan fingerprint density at radius 2 is 1.64 bits per heavy atom. The molecule has 4 heterocycles. The second-order valence-corrected chi connectivity index (χ2v) is 13.4. The van der Waals surface area contributed by atoms with Crippen molar-refractivity contribution in [1.82, 2.24) is 15.3 Å². The van der Waals surface area contributed by atoms with E-state index in [1.165, 1.54) is 6.07 Å². The summed E-state index contributed by atoms with van der Waals surface area (Å²) in [6.45, 7) is -5.05. The van der Waals surface area contributed by atoms with Crippen molar-refractivity contribution < 1.29 is 63.8 Å². The maximum atomic E-state index is 15.6. The van der Waals surface area contributed by atoms with Crippen LogP contribution in [0.3, 0.4) is 0 Å². The van der Waals surface area contributed by atoms with Crippen molar-refractivity contribution in [1.29, 1.82) is 0 Å².